The molecule has 134 valence electrons. The quantitative estimate of drug-likeness (QED) is 0.597. The van der Waals surface area contributed by atoms with Crippen molar-refractivity contribution < 1.29 is 9.53 Å². The van der Waals surface area contributed by atoms with Crippen molar-refractivity contribution in [1.82, 2.24) is 5.32 Å². The molecule has 0 spiro atoms. The zero-order valence-corrected chi connectivity index (χ0v) is 15.2. The maximum Gasteiger partial charge on any atom is 0.261 e. The summed E-state index contributed by atoms with van der Waals surface area (Å²) in [6, 6.07) is 24.3. The van der Waals surface area contributed by atoms with E-state index in [-0.39, 0.29) is 5.91 Å². The Labute approximate surface area is 155 Å². The van der Waals surface area contributed by atoms with E-state index in [9.17, 15) is 4.79 Å². The molecule has 0 aliphatic carbocycles. The van der Waals surface area contributed by atoms with Gasteiger partial charge in [-0.1, -0.05) is 73.7 Å². The lowest BCUT2D eigenvalue weighted by Crippen LogP contribution is -2.38. The zero-order valence-electron chi connectivity index (χ0n) is 15.2. The van der Waals surface area contributed by atoms with Gasteiger partial charge in [-0.25, -0.2) is 0 Å². The first kappa shape index (κ1) is 18.0. The highest BCUT2D eigenvalue weighted by molar-refractivity contribution is 5.89. The molecule has 0 bridgehead atoms. The molecule has 0 aliphatic rings. The van der Waals surface area contributed by atoms with Crippen molar-refractivity contribution in [2.75, 3.05) is 6.54 Å². The van der Waals surface area contributed by atoms with Crippen LogP contribution < -0.4 is 10.1 Å². The number of amides is 1. The SMILES string of the molecule is CC[C@H](Oc1cccc2ccccc12)C(=O)NCCCc1ccccc1. The van der Waals surface area contributed by atoms with Gasteiger partial charge in [-0.15, -0.1) is 0 Å². The van der Waals surface area contributed by atoms with Crippen LogP contribution in [-0.2, 0) is 11.2 Å². The number of carbonyl (C=O) groups excluding carboxylic acids is 1. The summed E-state index contributed by atoms with van der Waals surface area (Å²) in [5.74, 6) is 0.711. The number of aryl methyl sites for hydroxylation is 1. The van der Waals surface area contributed by atoms with Gasteiger partial charge in [0.05, 0.1) is 0 Å². The Morgan fingerprint density at radius 1 is 0.962 bits per heavy atom. The van der Waals surface area contributed by atoms with Crippen molar-refractivity contribution in [1.29, 1.82) is 0 Å². The van der Waals surface area contributed by atoms with Crippen LogP contribution in [0.2, 0.25) is 0 Å². The lowest BCUT2D eigenvalue weighted by Gasteiger charge is -2.18. The van der Waals surface area contributed by atoms with E-state index in [0.717, 1.165) is 29.4 Å². The molecule has 0 radical (unpaired) electrons. The van der Waals surface area contributed by atoms with Gasteiger partial charge in [0, 0.05) is 11.9 Å². The van der Waals surface area contributed by atoms with Crippen LogP contribution in [0.3, 0.4) is 0 Å². The average molecular weight is 347 g/mol. The molecule has 0 unspecified atom stereocenters. The molecule has 3 aromatic rings. The standard InChI is InChI=1S/C23H25NO2/c1-2-21(23(25)24-17-9-12-18-10-4-3-5-11-18)26-22-16-8-14-19-13-6-7-15-20(19)22/h3-8,10-11,13-16,21H,2,9,12,17H2,1H3,(H,24,25)/t21-/m0/s1. The molecular weight excluding hydrogens is 322 g/mol. The van der Waals surface area contributed by atoms with E-state index in [4.69, 9.17) is 4.74 Å². The van der Waals surface area contributed by atoms with Crippen LogP contribution in [0.25, 0.3) is 10.8 Å². The second-order valence-corrected chi connectivity index (χ2v) is 6.37. The normalized spacial score (nSPS) is 11.9. The Bertz CT molecular complexity index is 840. The number of benzene rings is 3. The Morgan fingerprint density at radius 2 is 1.69 bits per heavy atom. The molecule has 0 aromatic heterocycles. The van der Waals surface area contributed by atoms with Crippen molar-refractivity contribution in [3.63, 3.8) is 0 Å². The smallest absolute Gasteiger partial charge is 0.261 e. The summed E-state index contributed by atoms with van der Waals surface area (Å²) in [4.78, 5) is 12.5. The van der Waals surface area contributed by atoms with Crippen LogP contribution >= 0.6 is 0 Å². The van der Waals surface area contributed by atoms with Gasteiger partial charge >= 0.3 is 0 Å². The Morgan fingerprint density at radius 3 is 2.50 bits per heavy atom. The first-order valence-corrected chi connectivity index (χ1v) is 9.24. The number of nitrogens with one attached hydrogen (secondary N) is 1. The number of ether oxygens (including phenoxy) is 1. The van der Waals surface area contributed by atoms with E-state index in [0.29, 0.717) is 13.0 Å². The molecule has 3 heteroatoms. The third kappa shape index (κ3) is 4.63. The van der Waals surface area contributed by atoms with Gasteiger partial charge < -0.3 is 10.1 Å². The highest BCUT2D eigenvalue weighted by Crippen LogP contribution is 2.26. The molecule has 0 saturated heterocycles. The maximum atomic E-state index is 12.5. The number of hydrogen-bond acceptors (Lipinski definition) is 2. The number of fused-ring (bicyclic) bond motifs is 1. The van der Waals surface area contributed by atoms with Crippen molar-refractivity contribution >= 4 is 16.7 Å². The van der Waals surface area contributed by atoms with E-state index >= 15 is 0 Å². The van der Waals surface area contributed by atoms with E-state index in [1.807, 2.05) is 67.6 Å². The lowest BCUT2D eigenvalue weighted by molar-refractivity contribution is -0.128. The first-order chi connectivity index (χ1) is 12.8. The Kier molecular flexibility index (Phi) is 6.26. The van der Waals surface area contributed by atoms with Crippen LogP contribution in [0.15, 0.2) is 72.8 Å². The number of carbonyl (C=O) groups is 1. The maximum absolute atomic E-state index is 12.5. The fourth-order valence-electron chi connectivity index (χ4n) is 3.04. The van der Waals surface area contributed by atoms with E-state index in [1.165, 1.54) is 5.56 Å². The largest absolute Gasteiger partial charge is 0.480 e. The highest BCUT2D eigenvalue weighted by Gasteiger charge is 2.18. The molecule has 3 rings (SSSR count). The summed E-state index contributed by atoms with van der Waals surface area (Å²) in [6.07, 6.45) is 2.04. The molecule has 0 aliphatic heterocycles. The minimum atomic E-state index is -0.475. The Balaban J connectivity index is 1.55. The van der Waals surface area contributed by atoms with E-state index < -0.39 is 6.10 Å². The van der Waals surface area contributed by atoms with Crippen LogP contribution in [0.1, 0.15) is 25.3 Å². The van der Waals surface area contributed by atoms with Gasteiger partial charge in [0.15, 0.2) is 6.10 Å². The van der Waals surface area contributed by atoms with Crippen molar-refractivity contribution in [2.45, 2.75) is 32.3 Å². The second-order valence-electron chi connectivity index (χ2n) is 6.37. The summed E-state index contributed by atoms with van der Waals surface area (Å²) in [5.41, 5.74) is 1.29. The number of rotatable bonds is 8. The van der Waals surface area contributed by atoms with Crippen LogP contribution in [0.5, 0.6) is 5.75 Å². The predicted molar refractivity (Wildman–Crippen MR) is 106 cm³/mol. The van der Waals surface area contributed by atoms with Crippen LogP contribution in [0.4, 0.5) is 0 Å². The van der Waals surface area contributed by atoms with Crippen molar-refractivity contribution in [3.8, 4) is 5.75 Å². The molecule has 0 heterocycles. The minimum absolute atomic E-state index is 0.0477. The van der Waals surface area contributed by atoms with Gasteiger partial charge in [0.25, 0.3) is 5.91 Å². The number of hydrogen-bond donors (Lipinski definition) is 1. The van der Waals surface area contributed by atoms with Crippen molar-refractivity contribution in [3.05, 3.63) is 78.4 Å². The molecule has 1 atom stereocenters. The van der Waals surface area contributed by atoms with Gasteiger partial charge in [0.2, 0.25) is 0 Å². The highest BCUT2D eigenvalue weighted by atomic mass is 16.5. The van der Waals surface area contributed by atoms with Crippen LogP contribution in [-0.4, -0.2) is 18.6 Å². The average Bonchev–Trinajstić information content (AvgIpc) is 2.70. The summed E-state index contributed by atoms with van der Waals surface area (Å²) >= 11 is 0. The molecule has 26 heavy (non-hydrogen) atoms. The molecule has 3 nitrogen and oxygen atoms in total. The molecule has 3 aromatic carbocycles. The Hall–Kier alpha value is -2.81. The monoisotopic (exact) mass is 347 g/mol. The van der Waals surface area contributed by atoms with Gasteiger partial charge in [-0.3, -0.25) is 4.79 Å². The molecule has 1 N–H and O–H groups in total. The molecular formula is C23H25NO2. The molecule has 1 amide bonds. The fraction of sp³-hybridized carbons (Fsp3) is 0.261. The van der Waals surface area contributed by atoms with Gasteiger partial charge in [-0.05, 0) is 36.3 Å². The first-order valence-electron chi connectivity index (χ1n) is 9.24. The summed E-state index contributed by atoms with van der Waals surface area (Å²) in [5, 5.41) is 5.16. The molecule has 0 saturated carbocycles. The third-order valence-corrected chi connectivity index (χ3v) is 4.47. The summed E-state index contributed by atoms with van der Waals surface area (Å²) in [6.45, 7) is 2.63. The summed E-state index contributed by atoms with van der Waals surface area (Å²) in [7, 11) is 0. The predicted octanol–water partition coefficient (Wildman–Crippen LogP) is 4.75. The van der Waals surface area contributed by atoms with Crippen molar-refractivity contribution in [2.24, 2.45) is 0 Å². The minimum Gasteiger partial charge on any atom is -0.480 e. The molecule has 0 fully saturated rings. The van der Waals surface area contributed by atoms with Gasteiger partial charge in [-0.2, -0.15) is 0 Å². The van der Waals surface area contributed by atoms with Gasteiger partial charge in [0.1, 0.15) is 5.75 Å². The zero-order chi connectivity index (χ0) is 18.2. The topological polar surface area (TPSA) is 38.3 Å². The van der Waals surface area contributed by atoms with E-state index in [1.54, 1.807) is 0 Å². The van der Waals surface area contributed by atoms with Crippen LogP contribution in [0, 0.1) is 0 Å². The fourth-order valence-corrected chi connectivity index (χ4v) is 3.04. The van der Waals surface area contributed by atoms with E-state index in [2.05, 4.69) is 17.4 Å². The third-order valence-electron chi connectivity index (χ3n) is 4.47. The second kappa shape index (κ2) is 9.04. The lowest BCUT2D eigenvalue weighted by atomic mass is 10.1. The summed E-state index contributed by atoms with van der Waals surface area (Å²) < 4.78 is 6.04.